The molecule has 2 atom stereocenters. The summed E-state index contributed by atoms with van der Waals surface area (Å²) in [5, 5.41) is 2.65. The van der Waals surface area contributed by atoms with Crippen LogP contribution in [0.5, 0.6) is 0 Å². The van der Waals surface area contributed by atoms with Gasteiger partial charge in [0, 0.05) is 6.42 Å². The number of hydrogen-bond donors (Lipinski definition) is 1. The molecule has 0 saturated carbocycles. The SMILES string of the molecule is CCCCCCCCC(CC)COC(=O)[C@@H]1CCC(=O)N1. The molecule has 1 amide bonds. The van der Waals surface area contributed by atoms with E-state index in [4.69, 9.17) is 4.74 Å². The smallest absolute Gasteiger partial charge is 0.328 e. The van der Waals surface area contributed by atoms with Crippen molar-refractivity contribution in [2.24, 2.45) is 5.92 Å². The summed E-state index contributed by atoms with van der Waals surface area (Å²) in [7, 11) is 0. The summed E-state index contributed by atoms with van der Waals surface area (Å²) >= 11 is 0. The van der Waals surface area contributed by atoms with Crippen LogP contribution in [0.1, 0.15) is 78.1 Å². The lowest BCUT2D eigenvalue weighted by molar-refractivity contribution is -0.148. The zero-order chi connectivity index (χ0) is 15.5. The molecule has 4 nitrogen and oxygen atoms in total. The summed E-state index contributed by atoms with van der Waals surface area (Å²) in [6, 6.07) is -0.413. The number of rotatable bonds is 11. The van der Waals surface area contributed by atoms with Crippen LogP contribution < -0.4 is 5.32 Å². The molecule has 1 unspecified atom stereocenters. The molecule has 0 radical (unpaired) electrons. The molecular formula is C17H31NO3. The highest BCUT2D eigenvalue weighted by Crippen LogP contribution is 2.16. The second kappa shape index (κ2) is 10.6. The lowest BCUT2D eigenvalue weighted by Crippen LogP contribution is -2.35. The van der Waals surface area contributed by atoms with Crippen molar-refractivity contribution in [2.75, 3.05) is 6.61 Å². The van der Waals surface area contributed by atoms with Crippen molar-refractivity contribution < 1.29 is 14.3 Å². The summed E-state index contributed by atoms with van der Waals surface area (Å²) < 4.78 is 5.37. The van der Waals surface area contributed by atoms with E-state index in [9.17, 15) is 9.59 Å². The van der Waals surface area contributed by atoms with E-state index in [-0.39, 0.29) is 11.9 Å². The highest BCUT2D eigenvalue weighted by Gasteiger charge is 2.28. The molecule has 0 aliphatic carbocycles. The zero-order valence-corrected chi connectivity index (χ0v) is 13.7. The topological polar surface area (TPSA) is 55.4 Å². The predicted octanol–water partition coefficient (Wildman–Crippen LogP) is 3.59. The lowest BCUT2D eigenvalue weighted by Gasteiger charge is -2.17. The fraction of sp³-hybridized carbons (Fsp3) is 0.882. The maximum absolute atomic E-state index is 11.8. The Bertz CT molecular complexity index is 317. The molecule has 1 fully saturated rings. The molecule has 0 bridgehead atoms. The van der Waals surface area contributed by atoms with Crippen LogP contribution in [0.4, 0.5) is 0 Å². The third-order valence-corrected chi connectivity index (χ3v) is 4.28. The van der Waals surface area contributed by atoms with Crippen LogP contribution in [-0.4, -0.2) is 24.5 Å². The van der Waals surface area contributed by atoms with E-state index < -0.39 is 6.04 Å². The molecule has 1 saturated heterocycles. The number of nitrogens with one attached hydrogen (secondary N) is 1. The van der Waals surface area contributed by atoms with Crippen molar-refractivity contribution in [3.63, 3.8) is 0 Å². The van der Waals surface area contributed by atoms with E-state index in [0.717, 1.165) is 12.8 Å². The molecule has 0 aromatic carbocycles. The Kier molecular flexibility index (Phi) is 9.11. The normalized spacial score (nSPS) is 19.3. The lowest BCUT2D eigenvalue weighted by atomic mass is 9.98. The van der Waals surface area contributed by atoms with E-state index in [1.54, 1.807) is 0 Å². The Morgan fingerprint density at radius 3 is 2.57 bits per heavy atom. The highest BCUT2D eigenvalue weighted by atomic mass is 16.5. The molecule has 1 aliphatic heterocycles. The fourth-order valence-electron chi connectivity index (χ4n) is 2.71. The first-order valence-electron chi connectivity index (χ1n) is 8.63. The van der Waals surface area contributed by atoms with Gasteiger partial charge >= 0.3 is 5.97 Å². The van der Waals surface area contributed by atoms with E-state index in [1.807, 2.05) is 0 Å². The Labute approximate surface area is 129 Å². The summed E-state index contributed by atoms with van der Waals surface area (Å²) in [5.41, 5.74) is 0. The van der Waals surface area contributed by atoms with Crippen molar-refractivity contribution in [1.82, 2.24) is 5.32 Å². The zero-order valence-electron chi connectivity index (χ0n) is 13.7. The van der Waals surface area contributed by atoms with Crippen LogP contribution in [0.25, 0.3) is 0 Å². The molecule has 1 heterocycles. The maximum Gasteiger partial charge on any atom is 0.328 e. The Morgan fingerprint density at radius 2 is 1.95 bits per heavy atom. The highest BCUT2D eigenvalue weighted by molar-refractivity contribution is 5.87. The standard InChI is InChI=1S/C17H31NO3/c1-3-5-6-7-8-9-10-14(4-2)13-21-17(20)15-11-12-16(19)18-15/h14-15H,3-13H2,1-2H3,(H,18,19)/t14?,15-/m0/s1. The van der Waals surface area contributed by atoms with Gasteiger partial charge in [0.05, 0.1) is 6.61 Å². The van der Waals surface area contributed by atoms with Crippen LogP contribution in [0, 0.1) is 5.92 Å². The molecule has 0 spiro atoms. The van der Waals surface area contributed by atoms with Gasteiger partial charge in [-0.25, -0.2) is 4.79 Å². The maximum atomic E-state index is 11.8. The van der Waals surface area contributed by atoms with E-state index in [2.05, 4.69) is 19.2 Å². The van der Waals surface area contributed by atoms with Crippen LogP contribution in [-0.2, 0) is 14.3 Å². The largest absolute Gasteiger partial charge is 0.464 e. The van der Waals surface area contributed by atoms with Crippen LogP contribution in [0.15, 0.2) is 0 Å². The van der Waals surface area contributed by atoms with Gasteiger partial charge in [0.15, 0.2) is 0 Å². The monoisotopic (exact) mass is 297 g/mol. The van der Waals surface area contributed by atoms with Crippen LogP contribution in [0.3, 0.4) is 0 Å². The minimum absolute atomic E-state index is 0.0453. The van der Waals surface area contributed by atoms with Crippen LogP contribution in [0.2, 0.25) is 0 Å². The van der Waals surface area contributed by atoms with Gasteiger partial charge in [-0.05, 0) is 18.8 Å². The Balaban J connectivity index is 2.10. The Morgan fingerprint density at radius 1 is 1.24 bits per heavy atom. The van der Waals surface area contributed by atoms with Crippen molar-refractivity contribution in [2.45, 2.75) is 84.1 Å². The molecule has 1 rings (SSSR count). The molecule has 1 aliphatic rings. The summed E-state index contributed by atoms with van der Waals surface area (Å²) in [6.07, 6.45) is 11.0. The van der Waals surface area contributed by atoms with E-state index in [0.29, 0.717) is 25.4 Å². The third kappa shape index (κ3) is 7.49. The molecule has 1 N–H and O–H groups in total. The number of carbonyl (C=O) groups is 2. The van der Waals surface area contributed by atoms with Gasteiger partial charge < -0.3 is 10.1 Å². The minimum Gasteiger partial charge on any atom is -0.464 e. The molecule has 21 heavy (non-hydrogen) atoms. The van der Waals surface area contributed by atoms with Gasteiger partial charge in [0.25, 0.3) is 0 Å². The van der Waals surface area contributed by atoms with Crippen molar-refractivity contribution in [3.05, 3.63) is 0 Å². The van der Waals surface area contributed by atoms with Gasteiger partial charge in [-0.1, -0.05) is 58.8 Å². The average molecular weight is 297 g/mol. The number of esters is 1. The van der Waals surface area contributed by atoms with E-state index >= 15 is 0 Å². The van der Waals surface area contributed by atoms with Gasteiger partial charge in [-0.2, -0.15) is 0 Å². The predicted molar refractivity (Wildman–Crippen MR) is 83.9 cm³/mol. The van der Waals surface area contributed by atoms with Gasteiger partial charge in [-0.3, -0.25) is 4.79 Å². The number of unbranched alkanes of at least 4 members (excludes halogenated alkanes) is 5. The average Bonchev–Trinajstić information content (AvgIpc) is 2.92. The number of amides is 1. The summed E-state index contributed by atoms with van der Waals surface area (Å²) in [5.74, 6) is 0.149. The number of hydrogen-bond acceptors (Lipinski definition) is 3. The van der Waals surface area contributed by atoms with Gasteiger partial charge in [0.2, 0.25) is 5.91 Å². The van der Waals surface area contributed by atoms with Crippen molar-refractivity contribution in [1.29, 1.82) is 0 Å². The molecular weight excluding hydrogens is 266 g/mol. The first-order chi connectivity index (χ1) is 10.2. The van der Waals surface area contributed by atoms with Gasteiger partial charge in [0.1, 0.15) is 6.04 Å². The Hall–Kier alpha value is -1.06. The number of ether oxygens (including phenoxy) is 1. The second-order valence-corrected chi connectivity index (χ2v) is 6.12. The quantitative estimate of drug-likeness (QED) is 0.468. The second-order valence-electron chi connectivity index (χ2n) is 6.12. The number of carbonyl (C=O) groups excluding carboxylic acids is 2. The fourth-order valence-corrected chi connectivity index (χ4v) is 2.71. The third-order valence-electron chi connectivity index (χ3n) is 4.28. The molecule has 122 valence electrons. The molecule has 0 aromatic heterocycles. The first-order valence-corrected chi connectivity index (χ1v) is 8.63. The summed E-state index contributed by atoms with van der Waals surface area (Å²) in [4.78, 5) is 22.9. The first kappa shape index (κ1) is 18.0. The van der Waals surface area contributed by atoms with Crippen molar-refractivity contribution >= 4 is 11.9 Å². The van der Waals surface area contributed by atoms with Crippen molar-refractivity contribution in [3.8, 4) is 0 Å². The molecule has 4 heteroatoms. The van der Waals surface area contributed by atoms with Gasteiger partial charge in [-0.15, -0.1) is 0 Å². The van der Waals surface area contributed by atoms with Crippen LogP contribution >= 0.6 is 0 Å². The minimum atomic E-state index is -0.413. The van der Waals surface area contributed by atoms with E-state index in [1.165, 1.54) is 38.5 Å². The summed E-state index contributed by atoms with van der Waals surface area (Å²) in [6.45, 7) is 4.87. The molecule has 0 aromatic rings.